The Balaban J connectivity index is 1.91. The molecule has 0 aliphatic carbocycles. The SMILES string of the molecule is O=C(N[C@H]1COc2cc(F)cc(F)c21)c1cc(F)c(F)c(O)c1F. The number of nitrogens with one attached hydrogen (secondary N) is 1. The largest absolute Gasteiger partial charge is 0.503 e. The topological polar surface area (TPSA) is 58.6 Å². The summed E-state index contributed by atoms with van der Waals surface area (Å²) in [5.74, 6) is -9.99. The van der Waals surface area contributed by atoms with Gasteiger partial charge in [-0.3, -0.25) is 4.79 Å². The van der Waals surface area contributed by atoms with Crippen molar-refractivity contribution in [2.45, 2.75) is 6.04 Å². The van der Waals surface area contributed by atoms with E-state index in [-0.39, 0.29) is 24.0 Å². The normalized spacial score (nSPS) is 15.8. The lowest BCUT2D eigenvalue weighted by atomic mass is 10.1. The van der Waals surface area contributed by atoms with Gasteiger partial charge in [0.15, 0.2) is 17.4 Å². The minimum absolute atomic E-state index is 0.133. The molecule has 0 unspecified atom stereocenters. The number of hydrogen-bond donors (Lipinski definition) is 2. The number of aromatic hydroxyl groups is 1. The van der Waals surface area contributed by atoms with Crippen LogP contribution in [0, 0.1) is 29.1 Å². The summed E-state index contributed by atoms with van der Waals surface area (Å²) in [5, 5.41) is 11.3. The van der Waals surface area contributed by atoms with Crippen molar-refractivity contribution in [1.29, 1.82) is 0 Å². The van der Waals surface area contributed by atoms with E-state index in [1.165, 1.54) is 0 Å². The Kier molecular flexibility index (Phi) is 3.78. The molecule has 0 aromatic heterocycles. The first-order valence-corrected chi connectivity index (χ1v) is 6.58. The van der Waals surface area contributed by atoms with Gasteiger partial charge in [-0.05, 0) is 6.07 Å². The number of carbonyl (C=O) groups is 1. The van der Waals surface area contributed by atoms with Crippen molar-refractivity contribution < 1.29 is 36.6 Å². The van der Waals surface area contributed by atoms with Crippen LogP contribution >= 0.6 is 0 Å². The van der Waals surface area contributed by atoms with Gasteiger partial charge in [-0.2, -0.15) is 4.39 Å². The number of carbonyl (C=O) groups excluding carboxylic acids is 1. The lowest BCUT2D eigenvalue weighted by molar-refractivity contribution is 0.0924. The van der Waals surface area contributed by atoms with E-state index in [9.17, 15) is 26.7 Å². The molecule has 0 fully saturated rings. The number of amides is 1. The summed E-state index contributed by atoms with van der Waals surface area (Å²) >= 11 is 0. The van der Waals surface area contributed by atoms with Crippen molar-refractivity contribution in [1.82, 2.24) is 5.32 Å². The maximum atomic E-state index is 13.8. The van der Waals surface area contributed by atoms with Crippen molar-refractivity contribution in [3.05, 3.63) is 58.4 Å². The van der Waals surface area contributed by atoms with E-state index in [1.54, 1.807) is 0 Å². The van der Waals surface area contributed by atoms with E-state index >= 15 is 0 Å². The quantitative estimate of drug-likeness (QED) is 0.650. The number of rotatable bonds is 2. The van der Waals surface area contributed by atoms with Crippen molar-refractivity contribution in [3.63, 3.8) is 0 Å². The molecule has 2 aromatic carbocycles. The second-order valence-electron chi connectivity index (χ2n) is 5.02. The molecular formula is C15H8F5NO3. The average molecular weight is 345 g/mol. The summed E-state index contributed by atoms with van der Waals surface area (Å²) in [6, 6.07) is 0.658. The zero-order chi connectivity index (χ0) is 17.6. The Morgan fingerprint density at radius 1 is 1.08 bits per heavy atom. The second-order valence-corrected chi connectivity index (χ2v) is 5.02. The lowest BCUT2D eigenvalue weighted by Gasteiger charge is -2.13. The molecule has 9 heteroatoms. The predicted octanol–water partition coefficient (Wildman–Crippen LogP) is 2.95. The third-order valence-corrected chi connectivity index (χ3v) is 3.49. The Bertz CT molecular complexity index is 856. The minimum atomic E-state index is -1.83. The highest BCUT2D eigenvalue weighted by Gasteiger charge is 2.31. The highest BCUT2D eigenvalue weighted by Crippen LogP contribution is 2.35. The fourth-order valence-electron chi connectivity index (χ4n) is 2.38. The van der Waals surface area contributed by atoms with Crippen molar-refractivity contribution >= 4 is 5.91 Å². The maximum Gasteiger partial charge on any atom is 0.255 e. The standard InChI is InChI=1S/C15H8F5NO3/c16-5-1-7(17)11-9(4-24-10(11)2-5)21-15(23)6-3-8(18)13(20)14(22)12(6)19/h1-3,9,22H,4H2,(H,21,23)/t9-/m0/s1. The van der Waals surface area contributed by atoms with Gasteiger partial charge in [-0.25, -0.2) is 17.6 Å². The van der Waals surface area contributed by atoms with Gasteiger partial charge < -0.3 is 15.2 Å². The van der Waals surface area contributed by atoms with Crippen LogP contribution in [0.4, 0.5) is 22.0 Å². The number of hydrogen-bond acceptors (Lipinski definition) is 3. The van der Waals surface area contributed by atoms with Gasteiger partial charge in [0.2, 0.25) is 5.82 Å². The number of phenols is 1. The highest BCUT2D eigenvalue weighted by atomic mass is 19.2. The lowest BCUT2D eigenvalue weighted by Crippen LogP contribution is -2.30. The van der Waals surface area contributed by atoms with E-state index in [4.69, 9.17) is 9.84 Å². The summed E-state index contributed by atoms with van der Waals surface area (Å²) < 4.78 is 71.9. The number of fused-ring (bicyclic) bond motifs is 1. The van der Waals surface area contributed by atoms with E-state index in [1.807, 2.05) is 0 Å². The van der Waals surface area contributed by atoms with Gasteiger partial charge in [0.1, 0.15) is 24.0 Å². The van der Waals surface area contributed by atoms with Crippen LogP contribution in [0.5, 0.6) is 11.5 Å². The highest BCUT2D eigenvalue weighted by molar-refractivity contribution is 5.95. The smallest absolute Gasteiger partial charge is 0.255 e. The third kappa shape index (κ3) is 2.51. The summed E-state index contributed by atoms with van der Waals surface area (Å²) in [7, 11) is 0. The zero-order valence-corrected chi connectivity index (χ0v) is 11.7. The second kappa shape index (κ2) is 5.66. The molecule has 0 saturated carbocycles. The molecule has 2 aromatic rings. The van der Waals surface area contributed by atoms with Crippen molar-refractivity contribution in [2.75, 3.05) is 6.61 Å². The Labute approximate surface area is 131 Å². The molecule has 0 spiro atoms. The van der Waals surface area contributed by atoms with Crippen LogP contribution in [0.2, 0.25) is 0 Å². The van der Waals surface area contributed by atoms with Gasteiger partial charge in [0, 0.05) is 12.1 Å². The number of phenolic OH excluding ortho intramolecular Hbond substituents is 1. The first-order valence-electron chi connectivity index (χ1n) is 6.58. The predicted molar refractivity (Wildman–Crippen MR) is 70.0 cm³/mol. The maximum absolute atomic E-state index is 13.8. The molecule has 1 aliphatic heterocycles. The molecule has 1 heterocycles. The van der Waals surface area contributed by atoms with E-state index in [0.29, 0.717) is 6.07 Å². The molecule has 3 rings (SSSR count). The monoisotopic (exact) mass is 345 g/mol. The molecule has 4 nitrogen and oxygen atoms in total. The molecule has 0 bridgehead atoms. The van der Waals surface area contributed by atoms with Gasteiger partial charge >= 0.3 is 0 Å². The number of benzene rings is 2. The first-order chi connectivity index (χ1) is 11.3. The Hall–Kier alpha value is -2.84. The van der Waals surface area contributed by atoms with Crippen molar-refractivity contribution in [2.24, 2.45) is 0 Å². The summed E-state index contributed by atoms with van der Waals surface area (Å²) in [4.78, 5) is 12.0. The fraction of sp³-hybridized carbons (Fsp3) is 0.133. The van der Waals surface area contributed by atoms with E-state index in [0.717, 1.165) is 6.07 Å². The third-order valence-electron chi connectivity index (χ3n) is 3.49. The number of ether oxygens (including phenoxy) is 1. The Morgan fingerprint density at radius 2 is 1.79 bits per heavy atom. The first kappa shape index (κ1) is 16.0. The molecule has 126 valence electrons. The Morgan fingerprint density at radius 3 is 2.50 bits per heavy atom. The van der Waals surface area contributed by atoms with E-state index in [2.05, 4.69) is 5.32 Å². The molecule has 0 saturated heterocycles. The van der Waals surface area contributed by atoms with Crippen LogP contribution in [-0.2, 0) is 0 Å². The zero-order valence-electron chi connectivity index (χ0n) is 11.7. The van der Waals surface area contributed by atoms with E-state index < -0.39 is 52.3 Å². The van der Waals surface area contributed by atoms with Gasteiger partial charge in [0.05, 0.1) is 17.2 Å². The summed E-state index contributed by atoms with van der Waals surface area (Å²) in [6.45, 7) is -0.265. The molecule has 1 amide bonds. The molecule has 24 heavy (non-hydrogen) atoms. The van der Waals surface area contributed by atoms with Gasteiger partial charge in [-0.15, -0.1) is 0 Å². The van der Waals surface area contributed by atoms with Crippen LogP contribution in [0.15, 0.2) is 18.2 Å². The van der Waals surface area contributed by atoms with Gasteiger partial charge in [-0.1, -0.05) is 0 Å². The summed E-state index contributed by atoms with van der Waals surface area (Å²) in [6.07, 6.45) is 0. The minimum Gasteiger partial charge on any atom is -0.503 e. The van der Waals surface area contributed by atoms with Gasteiger partial charge in [0.25, 0.3) is 5.91 Å². The molecule has 1 aliphatic rings. The molecule has 2 N–H and O–H groups in total. The molecule has 1 atom stereocenters. The van der Waals surface area contributed by atoms with Crippen LogP contribution in [0.1, 0.15) is 22.0 Å². The van der Waals surface area contributed by atoms with Crippen LogP contribution < -0.4 is 10.1 Å². The molecular weight excluding hydrogens is 337 g/mol. The van der Waals surface area contributed by atoms with Crippen LogP contribution in [-0.4, -0.2) is 17.6 Å². The molecule has 0 radical (unpaired) electrons. The summed E-state index contributed by atoms with van der Waals surface area (Å²) in [5.41, 5.74) is -1.13. The fourth-order valence-corrected chi connectivity index (χ4v) is 2.38. The number of halogens is 5. The van der Waals surface area contributed by atoms with Crippen molar-refractivity contribution in [3.8, 4) is 11.5 Å². The van der Waals surface area contributed by atoms with Crippen LogP contribution in [0.3, 0.4) is 0 Å². The average Bonchev–Trinajstić information content (AvgIpc) is 2.91. The van der Waals surface area contributed by atoms with Crippen LogP contribution in [0.25, 0.3) is 0 Å².